The first-order valence-corrected chi connectivity index (χ1v) is 9.06. The molecule has 24 heavy (non-hydrogen) atoms. The van der Waals surface area contributed by atoms with Crippen LogP contribution in [-0.4, -0.2) is 37.2 Å². The van der Waals surface area contributed by atoms with E-state index < -0.39 is 20.9 Å². The van der Waals surface area contributed by atoms with Gasteiger partial charge < -0.3 is 4.74 Å². The minimum Gasteiger partial charge on any atom is -0.495 e. The van der Waals surface area contributed by atoms with Gasteiger partial charge in [-0.15, -0.1) is 0 Å². The number of aromatic nitrogens is 1. The Morgan fingerprint density at radius 1 is 1.21 bits per heavy atom. The van der Waals surface area contributed by atoms with Crippen molar-refractivity contribution in [1.29, 1.82) is 0 Å². The summed E-state index contributed by atoms with van der Waals surface area (Å²) in [5.74, 6) is -0.923. The molecule has 7 nitrogen and oxygen atoms in total. The SMILES string of the molecule is COc1ccc(CN2C(=O)c3cccnc3C2=O)cc1S(=O)(=O)Cl. The van der Waals surface area contributed by atoms with Crippen molar-refractivity contribution < 1.29 is 22.7 Å². The molecule has 1 aromatic heterocycles. The van der Waals surface area contributed by atoms with Gasteiger partial charge in [-0.2, -0.15) is 0 Å². The predicted octanol–water partition coefficient (Wildman–Crippen LogP) is 1.81. The Bertz CT molecular complexity index is 923. The van der Waals surface area contributed by atoms with Gasteiger partial charge in [0, 0.05) is 16.9 Å². The number of rotatable bonds is 4. The molecule has 0 unspecified atom stereocenters. The van der Waals surface area contributed by atoms with E-state index in [4.69, 9.17) is 15.4 Å². The molecule has 1 aromatic carbocycles. The third kappa shape index (κ3) is 2.74. The molecule has 3 rings (SSSR count). The highest BCUT2D eigenvalue weighted by atomic mass is 35.7. The Labute approximate surface area is 142 Å². The Kier molecular flexibility index (Phi) is 4.02. The summed E-state index contributed by atoms with van der Waals surface area (Å²) >= 11 is 0. The average Bonchev–Trinajstić information content (AvgIpc) is 2.79. The number of halogens is 1. The molecule has 0 bridgehead atoms. The number of hydrogen-bond donors (Lipinski definition) is 0. The second kappa shape index (κ2) is 5.88. The Morgan fingerprint density at radius 2 is 1.96 bits per heavy atom. The molecule has 0 saturated heterocycles. The van der Waals surface area contributed by atoms with Gasteiger partial charge in [-0.1, -0.05) is 6.07 Å². The lowest BCUT2D eigenvalue weighted by Gasteiger charge is -2.15. The quantitative estimate of drug-likeness (QED) is 0.605. The van der Waals surface area contributed by atoms with E-state index in [0.717, 1.165) is 4.90 Å². The van der Waals surface area contributed by atoms with Crippen LogP contribution in [0.5, 0.6) is 5.75 Å². The molecule has 0 radical (unpaired) electrons. The normalized spacial score (nSPS) is 14.0. The van der Waals surface area contributed by atoms with E-state index in [9.17, 15) is 18.0 Å². The van der Waals surface area contributed by atoms with E-state index >= 15 is 0 Å². The zero-order valence-electron chi connectivity index (χ0n) is 12.4. The second-order valence-corrected chi connectivity index (χ2v) is 7.55. The molecule has 1 aliphatic heterocycles. The molecule has 2 heterocycles. The Morgan fingerprint density at radius 3 is 2.58 bits per heavy atom. The van der Waals surface area contributed by atoms with Gasteiger partial charge >= 0.3 is 0 Å². The van der Waals surface area contributed by atoms with Crippen LogP contribution >= 0.6 is 10.7 Å². The molecule has 0 N–H and O–H groups in total. The van der Waals surface area contributed by atoms with Gasteiger partial charge in [-0.3, -0.25) is 19.5 Å². The first-order valence-electron chi connectivity index (χ1n) is 6.75. The van der Waals surface area contributed by atoms with Crippen molar-refractivity contribution in [2.75, 3.05) is 7.11 Å². The van der Waals surface area contributed by atoms with E-state index in [0.29, 0.717) is 5.56 Å². The number of imide groups is 1. The number of ether oxygens (including phenoxy) is 1. The highest BCUT2D eigenvalue weighted by Gasteiger charge is 2.36. The third-order valence-electron chi connectivity index (χ3n) is 3.56. The minimum absolute atomic E-state index is 0.0813. The maximum Gasteiger partial charge on any atom is 0.280 e. The summed E-state index contributed by atoms with van der Waals surface area (Å²) in [4.78, 5) is 29.3. The number of fused-ring (bicyclic) bond motifs is 1. The highest BCUT2D eigenvalue weighted by Crippen LogP contribution is 2.29. The number of amides is 2. The number of pyridine rings is 1. The van der Waals surface area contributed by atoms with Crippen LogP contribution in [0.25, 0.3) is 0 Å². The molecular weight excluding hydrogens is 356 g/mol. The number of nitrogens with zero attached hydrogens (tertiary/aromatic N) is 2. The van der Waals surface area contributed by atoms with E-state index in [-0.39, 0.29) is 28.4 Å². The standard InChI is InChI=1S/C15H11ClN2O5S/c1-23-11-5-4-9(7-12(11)24(16,21)22)8-18-14(19)10-3-2-6-17-13(10)15(18)20/h2-7H,8H2,1H3. The minimum atomic E-state index is -4.04. The van der Waals surface area contributed by atoms with Crippen molar-refractivity contribution in [3.8, 4) is 5.75 Å². The molecule has 1 aliphatic rings. The van der Waals surface area contributed by atoms with Crippen LogP contribution in [0.4, 0.5) is 0 Å². The highest BCUT2D eigenvalue weighted by molar-refractivity contribution is 8.13. The van der Waals surface area contributed by atoms with Gasteiger partial charge in [0.2, 0.25) is 0 Å². The lowest BCUT2D eigenvalue weighted by atomic mass is 10.2. The molecule has 0 aliphatic carbocycles. The summed E-state index contributed by atoms with van der Waals surface area (Å²) < 4.78 is 28.2. The zero-order chi connectivity index (χ0) is 17.5. The number of hydrogen-bond acceptors (Lipinski definition) is 6. The molecule has 2 aromatic rings. The summed E-state index contributed by atoms with van der Waals surface area (Å²) in [6.45, 7) is -0.0998. The first kappa shape index (κ1) is 16.4. The van der Waals surface area contributed by atoms with E-state index in [2.05, 4.69) is 4.98 Å². The summed E-state index contributed by atoms with van der Waals surface area (Å²) in [7, 11) is 2.68. The van der Waals surface area contributed by atoms with Gasteiger partial charge in [0.15, 0.2) is 0 Å². The van der Waals surface area contributed by atoms with E-state index in [1.807, 2.05) is 0 Å². The lowest BCUT2D eigenvalue weighted by Crippen LogP contribution is -2.29. The number of carbonyl (C=O) groups is 2. The molecule has 2 amide bonds. The van der Waals surface area contributed by atoms with Crippen molar-refractivity contribution in [3.63, 3.8) is 0 Å². The number of methoxy groups -OCH3 is 1. The summed E-state index contributed by atoms with van der Waals surface area (Å²) in [6, 6.07) is 7.34. The molecule has 0 spiro atoms. The Balaban J connectivity index is 1.96. The summed E-state index contributed by atoms with van der Waals surface area (Å²) in [6.07, 6.45) is 1.43. The fourth-order valence-electron chi connectivity index (χ4n) is 2.45. The molecular formula is C15H11ClN2O5S. The van der Waals surface area contributed by atoms with E-state index in [1.165, 1.54) is 31.5 Å². The maximum absolute atomic E-state index is 12.3. The molecule has 0 atom stereocenters. The lowest BCUT2D eigenvalue weighted by molar-refractivity contribution is 0.0640. The summed E-state index contributed by atoms with van der Waals surface area (Å²) in [5.41, 5.74) is 0.729. The van der Waals surface area contributed by atoms with Crippen molar-refractivity contribution in [1.82, 2.24) is 9.88 Å². The van der Waals surface area contributed by atoms with Gasteiger partial charge in [0.25, 0.3) is 20.9 Å². The van der Waals surface area contributed by atoms with Gasteiger partial charge in [-0.25, -0.2) is 8.42 Å². The zero-order valence-corrected chi connectivity index (χ0v) is 14.0. The molecule has 124 valence electrons. The van der Waals surface area contributed by atoms with Crippen LogP contribution in [-0.2, 0) is 15.6 Å². The van der Waals surface area contributed by atoms with Gasteiger partial charge in [0.05, 0.1) is 19.2 Å². The monoisotopic (exact) mass is 366 g/mol. The van der Waals surface area contributed by atoms with Crippen molar-refractivity contribution in [2.45, 2.75) is 11.4 Å². The van der Waals surface area contributed by atoms with Crippen molar-refractivity contribution in [2.24, 2.45) is 0 Å². The maximum atomic E-state index is 12.3. The van der Waals surface area contributed by atoms with Crippen molar-refractivity contribution >= 4 is 31.5 Å². The van der Waals surface area contributed by atoms with Crippen molar-refractivity contribution in [3.05, 3.63) is 53.3 Å². The molecule has 0 saturated carbocycles. The third-order valence-corrected chi connectivity index (χ3v) is 4.91. The smallest absolute Gasteiger partial charge is 0.280 e. The van der Waals surface area contributed by atoms with E-state index in [1.54, 1.807) is 12.1 Å². The predicted molar refractivity (Wildman–Crippen MR) is 84.5 cm³/mol. The van der Waals surface area contributed by atoms with Crippen LogP contribution in [0.15, 0.2) is 41.4 Å². The fraction of sp³-hybridized carbons (Fsp3) is 0.133. The largest absolute Gasteiger partial charge is 0.495 e. The topological polar surface area (TPSA) is 93.6 Å². The van der Waals surface area contributed by atoms with Crippen LogP contribution in [0, 0.1) is 0 Å². The van der Waals surface area contributed by atoms with Crippen LogP contribution in [0.2, 0.25) is 0 Å². The fourth-order valence-corrected chi connectivity index (χ4v) is 3.50. The number of carbonyl (C=O) groups excluding carboxylic acids is 2. The van der Waals surface area contributed by atoms with Gasteiger partial charge in [0.1, 0.15) is 16.3 Å². The molecule has 0 fully saturated rings. The van der Waals surface area contributed by atoms with Crippen LogP contribution in [0.1, 0.15) is 26.4 Å². The van der Waals surface area contributed by atoms with Crippen LogP contribution in [0.3, 0.4) is 0 Å². The molecule has 9 heteroatoms. The van der Waals surface area contributed by atoms with Gasteiger partial charge in [-0.05, 0) is 29.8 Å². The second-order valence-electron chi connectivity index (χ2n) is 5.02. The number of benzene rings is 1. The summed E-state index contributed by atoms with van der Waals surface area (Å²) in [5, 5.41) is 0. The van der Waals surface area contributed by atoms with Crippen LogP contribution < -0.4 is 4.74 Å². The first-order chi connectivity index (χ1) is 11.3. The average molecular weight is 367 g/mol. The Hall–Kier alpha value is -2.45.